The number of methoxy groups -OCH3 is 1. The van der Waals surface area contributed by atoms with Gasteiger partial charge in [-0.1, -0.05) is 0 Å². The number of aliphatic imine (C=N–C) groups is 1. The quantitative estimate of drug-likeness (QED) is 0.483. The molecule has 0 radical (unpaired) electrons. The zero-order chi connectivity index (χ0) is 12.1. The van der Waals surface area contributed by atoms with E-state index in [9.17, 15) is 4.79 Å². The van der Waals surface area contributed by atoms with Crippen LogP contribution in [0.5, 0.6) is 0 Å². The average Bonchev–Trinajstić information content (AvgIpc) is 2.81. The smallest absolute Gasteiger partial charge is 0.337 e. The SMILES string of the molecule is COCCCOC(=O)C1=CN=C2NNCN2C1. The van der Waals surface area contributed by atoms with Crippen molar-refractivity contribution < 1.29 is 14.3 Å². The lowest BCUT2D eigenvalue weighted by atomic mass is 10.2. The Morgan fingerprint density at radius 3 is 3.29 bits per heavy atom. The van der Waals surface area contributed by atoms with Crippen LogP contribution in [0.4, 0.5) is 0 Å². The normalized spacial score (nSPS) is 18.1. The van der Waals surface area contributed by atoms with E-state index in [1.54, 1.807) is 13.3 Å². The van der Waals surface area contributed by atoms with Crippen LogP contribution in [0, 0.1) is 0 Å². The fourth-order valence-corrected chi connectivity index (χ4v) is 1.58. The molecule has 2 heterocycles. The number of fused-ring (bicyclic) bond motifs is 1. The lowest BCUT2D eigenvalue weighted by Gasteiger charge is -2.20. The van der Waals surface area contributed by atoms with E-state index in [1.807, 2.05) is 4.90 Å². The molecule has 0 unspecified atom stereocenters. The van der Waals surface area contributed by atoms with Crippen molar-refractivity contribution in [3.05, 3.63) is 11.8 Å². The number of carbonyl (C=O) groups is 1. The molecule has 2 N–H and O–H groups in total. The first-order chi connectivity index (χ1) is 8.31. The first-order valence-electron chi connectivity index (χ1n) is 5.48. The van der Waals surface area contributed by atoms with E-state index in [2.05, 4.69) is 15.8 Å². The molecule has 0 atom stereocenters. The Morgan fingerprint density at radius 2 is 2.47 bits per heavy atom. The molecule has 7 nitrogen and oxygen atoms in total. The third-order valence-corrected chi connectivity index (χ3v) is 2.46. The number of nitrogens with zero attached hydrogens (tertiary/aromatic N) is 2. The fraction of sp³-hybridized carbons (Fsp3) is 0.600. The summed E-state index contributed by atoms with van der Waals surface area (Å²) in [6.45, 7) is 2.11. The minimum atomic E-state index is -0.309. The maximum atomic E-state index is 11.7. The number of hydrazine groups is 1. The van der Waals surface area contributed by atoms with Crippen LogP contribution in [0.2, 0.25) is 0 Å². The summed E-state index contributed by atoms with van der Waals surface area (Å²) in [6.07, 6.45) is 2.25. The van der Waals surface area contributed by atoms with Crippen LogP contribution in [0.3, 0.4) is 0 Å². The second kappa shape index (κ2) is 5.65. The predicted molar refractivity (Wildman–Crippen MR) is 60.8 cm³/mol. The number of esters is 1. The van der Waals surface area contributed by atoms with Crippen LogP contribution >= 0.6 is 0 Å². The minimum absolute atomic E-state index is 0.309. The van der Waals surface area contributed by atoms with E-state index < -0.39 is 0 Å². The van der Waals surface area contributed by atoms with Gasteiger partial charge in [0, 0.05) is 26.3 Å². The number of guanidine groups is 1. The largest absolute Gasteiger partial charge is 0.462 e. The number of nitrogens with one attached hydrogen (secondary N) is 2. The van der Waals surface area contributed by atoms with Crippen LogP contribution < -0.4 is 10.9 Å². The topological polar surface area (TPSA) is 75.2 Å². The Labute approximate surface area is 99.4 Å². The van der Waals surface area contributed by atoms with Gasteiger partial charge >= 0.3 is 5.97 Å². The van der Waals surface area contributed by atoms with Crippen molar-refractivity contribution >= 4 is 11.9 Å². The van der Waals surface area contributed by atoms with Gasteiger partial charge in [-0.25, -0.2) is 15.2 Å². The van der Waals surface area contributed by atoms with Crippen molar-refractivity contribution in [2.75, 3.05) is 33.5 Å². The molecule has 0 bridgehead atoms. The maximum Gasteiger partial charge on any atom is 0.337 e. The standard InChI is InChI=1S/C10H16N4O3/c1-16-3-2-4-17-9(15)8-5-11-10-13-12-7-14(10)6-8/h5,12H,2-4,6-7H2,1H3,(H,11,13). The summed E-state index contributed by atoms with van der Waals surface area (Å²) in [5.41, 5.74) is 6.38. The Morgan fingerprint density at radius 1 is 1.59 bits per heavy atom. The summed E-state index contributed by atoms with van der Waals surface area (Å²) in [5.74, 6) is 0.428. The summed E-state index contributed by atoms with van der Waals surface area (Å²) < 4.78 is 9.98. The van der Waals surface area contributed by atoms with Crippen LogP contribution in [0.15, 0.2) is 16.8 Å². The van der Waals surface area contributed by atoms with E-state index in [4.69, 9.17) is 9.47 Å². The highest BCUT2D eigenvalue weighted by molar-refractivity contribution is 5.92. The molecule has 0 aromatic heterocycles. The zero-order valence-corrected chi connectivity index (χ0v) is 9.73. The molecule has 0 amide bonds. The Kier molecular flexibility index (Phi) is 3.94. The van der Waals surface area contributed by atoms with Gasteiger partial charge in [0.05, 0.1) is 25.4 Å². The van der Waals surface area contributed by atoms with Gasteiger partial charge in [0.1, 0.15) is 0 Å². The second-order valence-corrected chi connectivity index (χ2v) is 3.75. The van der Waals surface area contributed by atoms with Crippen molar-refractivity contribution in [2.45, 2.75) is 6.42 Å². The van der Waals surface area contributed by atoms with Gasteiger partial charge in [0.2, 0.25) is 5.96 Å². The van der Waals surface area contributed by atoms with Gasteiger partial charge in [0.15, 0.2) is 0 Å². The van der Waals surface area contributed by atoms with E-state index in [0.29, 0.717) is 38.4 Å². The molecule has 0 aromatic rings. The molecule has 0 aromatic carbocycles. The van der Waals surface area contributed by atoms with Crippen molar-refractivity contribution in [3.63, 3.8) is 0 Å². The molecule has 2 rings (SSSR count). The summed E-state index contributed by atoms with van der Waals surface area (Å²) in [5, 5.41) is 0. The number of hydrogen-bond donors (Lipinski definition) is 2. The van der Waals surface area contributed by atoms with Gasteiger partial charge in [-0.3, -0.25) is 5.43 Å². The summed E-state index contributed by atoms with van der Waals surface area (Å²) >= 11 is 0. The molecule has 1 fully saturated rings. The molecule has 2 aliphatic heterocycles. The summed E-state index contributed by atoms with van der Waals surface area (Å²) in [4.78, 5) is 17.7. The summed E-state index contributed by atoms with van der Waals surface area (Å²) in [6, 6.07) is 0. The first-order valence-corrected chi connectivity index (χ1v) is 5.48. The fourth-order valence-electron chi connectivity index (χ4n) is 1.58. The Hall–Kier alpha value is -1.60. The van der Waals surface area contributed by atoms with Crippen LogP contribution in [-0.2, 0) is 14.3 Å². The van der Waals surface area contributed by atoms with E-state index in [0.717, 1.165) is 5.96 Å². The van der Waals surface area contributed by atoms with Crippen LogP contribution in [0.25, 0.3) is 0 Å². The zero-order valence-electron chi connectivity index (χ0n) is 9.73. The monoisotopic (exact) mass is 240 g/mol. The molecule has 0 spiro atoms. The van der Waals surface area contributed by atoms with Gasteiger partial charge in [-0.15, -0.1) is 0 Å². The highest BCUT2D eigenvalue weighted by atomic mass is 16.5. The Balaban J connectivity index is 1.80. The van der Waals surface area contributed by atoms with E-state index >= 15 is 0 Å². The molecule has 1 saturated heterocycles. The molecule has 2 aliphatic rings. The predicted octanol–water partition coefficient (Wildman–Crippen LogP) is -0.813. The van der Waals surface area contributed by atoms with Gasteiger partial charge in [0.25, 0.3) is 0 Å². The first kappa shape index (κ1) is 11.9. The lowest BCUT2D eigenvalue weighted by Crippen LogP contribution is -2.35. The van der Waals surface area contributed by atoms with Crippen molar-refractivity contribution in [1.82, 2.24) is 15.8 Å². The van der Waals surface area contributed by atoms with E-state index in [-0.39, 0.29) is 5.97 Å². The average molecular weight is 240 g/mol. The third-order valence-electron chi connectivity index (χ3n) is 2.46. The lowest BCUT2D eigenvalue weighted by molar-refractivity contribution is -0.139. The molecular weight excluding hydrogens is 224 g/mol. The highest BCUT2D eigenvalue weighted by Gasteiger charge is 2.25. The van der Waals surface area contributed by atoms with Crippen LogP contribution in [0.1, 0.15) is 6.42 Å². The maximum absolute atomic E-state index is 11.7. The number of hydrogen-bond acceptors (Lipinski definition) is 7. The Bertz CT molecular complexity index is 353. The van der Waals surface area contributed by atoms with E-state index in [1.165, 1.54) is 0 Å². The molecule has 0 aliphatic carbocycles. The second-order valence-electron chi connectivity index (χ2n) is 3.75. The molecule has 94 valence electrons. The molecule has 7 heteroatoms. The number of carbonyl (C=O) groups excluding carboxylic acids is 1. The third kappa shape index (κ3) is 2.95. The van der Waals surface area contributed by atoms with Crippen molar-refractivity contribution in [3.8, 4) is 0 Å². The molecule has 17 heavy (non-hydrogen) atoms. The highest BCUT2D eigenvalue weighted by Crippen LogP contribution is 2.10. The number of ether oxygens (including phenoxy) is 2. The minimum Gasteiger partial charge on any atom is -0.462 e. The van der Waals surface area contributed by atoms with Crippen molar-refractivity contribution in [1.29, 1.82) is 0 Å². The molecular formula is C10H16N4O3. The van der Waals surface area contributed by atoms with Crippen LogP contribution in [-0.4, -0.2) is 50.4 Å². The number of rotatable bonds is 5. The van der Waals surface area contributed by atoms with Gasteiger partial charge < -0.3 is 14.4 Å². The summed E-state index contributed by atoms with van der Waals surface area (Å²) in [7, 11) is 1.62. The molecule has 0 saturated carbocycles. The van der Waals surface area contributed by atoms with Gasteiger partial charge in [-0.05, 0) is 0 Å². The van der Waals surface area contributed by atoms with Crippen molar-refractivity contribution in [2.24, 2.45) is 4.99 Å². The van der Waals surface area contributed by atoms with Gasteiger partial charge in [-0.2, -0.15) is 0 Å².